The minimum Gasteiger partial charge on any atom is -0.478 e. The first-order valence-electron chi connectivity index (χ1n) is 5.99. The number of rotatable bonds is 3. The third kappa shape index (κ3) is 4.15. The van der Waals surface area contributed by atoms with E-state index in [-0.39, 0.29) is 11.3 Å². The molecule has 2 amide bonds. The van der Waals surface area contributed by atoms with Gasteiger partial charge < -0.3 is 15.7 Å². The molecule has 2 aromatic rings. The van der Waals surface area contributed by atoms with Crippen molar-refractivity contribution in [3.05, 3.63) is 51.4 Å². The Kier molecular flexibility index (Phi) is 4.73. The van der Waals surface area contributed by atoms with Gasteiger partial charge in [-0.1, -0.05) is 0 Å². The number of aromatic nitrogens is 1. The van der Waals surface area contributed by atoms with Gasteiger partial charge in [0.1, 0.15) is 0 Å². The van der Waals surface area contributed by atoms with Gasteiger partial charge in [-0.2, -0.15) is 0 Å². The summed E-state index contributed by atoms with van der Waals surface area (Å²) in [6, 6.07) is 7.72. The summed E-state index contributed by atoms with van der Waals surface area (Å²) in [5.74, 6) is -1.10. The standard InChI is InChI=1S/C14H12IN3O3/c1-8-2-4-10(7-16-8)17-14(21)18-12-5-3-9(15)6-11(12)13(19)20/h2-7H,1H3,(H,19,20)(H2,17,18,21). The minimum atomic E-state index is -1.10. The van der Waals surface area contributed by atoms with Crippen LogP contribution in [0.1, 0.15) is 16.1 Å². The summed E-state index contributed by atoms with van der Waals surface area (Å²) >= 11 is 2.01. The summed E-state index contributed by atoms with van der Waals surface area (Å²) in [7, 11) is 0. The molecule has 7 heteroatoms. The largest absolute Gasteiger partial charge is 0.478 e. The number of anilines is 2. The Balaban J connectivity index is 2.12. The molecule has 6 nitrogen and oxygen atoms in total. The average Bonchev–Trinajstić information content (AvgIpc) is 2.43. The van der Waals surface area contributed by atoms with Crippen LogP contribution in [0.4, 0.5) is 16.2 Å². The van der Waals surface area contributed by atoms with Crippen LogP contribution in [0.2, 0.25) is 0 Å². The quantitative estimate of drug-likeness (QED) is 0.693. The van der Waals surface area contributed by atoms with E-state index in [1.54, 1.807) is 24.3 Å². The Morgan fingerprint density at radius 2 is 1.95 bits per heavy atom. The fraction of sp³-hybridized carbons (Fsp3) is 0.0714. The van der Waals surface area contributed by atoms with Crippen molar-refractivity contribution in [2.75, 3.05) is 10.6 Å². The Labute approximate surface area is 134 Å². The number of halogens is 1. The van der Waals surface area contributed by atoms with Gasteiger partial charge in [0.15, 0.2) is 0 Å². The maximum atomic E-state index is 11.9. The van der Waals surface area contributed by atoms with E-state index in [9.17, 15) is 9.59 Å². The zero-order valence-corrected chi connectivity index (χ0v) is 13.2. The van der Waals surface area contributed by atoms with Gasteiger partial charge in [-0.25, -0.2) is 9.59 Å². The molecule has 0 radical (unpaired) electrons. The number of pyridine rings is 1. The lowest BCUT2D eigenvalue weighted by Crippen LogP contribution is -2.21. The van der Waals surface area contributed by atoms with E-state index in [1.165, 1.54) is 12.3 Å². The van der Waals surface area contributed by atoms with Crippen molar-refractivity contribution in [1.82, 2.24) is 4.98 Å². The Hall–Kier alpha value is -2.16. The Morgan fingerprint density at radius 3 is 2.57 bits per heavy atom. The number of carboxylic acids is 1. The van der Waals surface area contributed by atoms with E-state index in [0.29, 0.717) is 5.69 Å². The molecule has 1 heterocycles. The fourth-order valence-electron chi connectivity index (χ4n) is 1.63. The van der Waals surface area contributed by atoms with Crippen LogP contribution in [0.5, 0.6) is 0 Å². The van der Waals surface area contributed by atoms with Crippen molar-refractivity contribution in [1.29, 1.82) is 0 Å². The molecule has 0 atom stereocenters. The number of aromatic carboxylic acids is 1. The molecule has 3 N–H and O–H groups in total. The molecule has 0 saturated carbocycles. The number of carbonyl (C=O) groups is 2. The maximum Gasteiger partial charge on any atom is 0.337 e. The molecule has 0 aliphatic rings. The number of urea groups is 1. The van der Waals surface area contributed by atoms with E-state index < -0.39 is 12.0 Å². The molecule has 108 valence electrons. The van der Waals surface area contributed by atoms with E-state index >= 15 is 0 Å². The molecule has 0 bridgehead atoms. The van der Waals surface area contributed by atoms with Gasteiger partial charge in [0.25, 0.3) is 0 Å². The van der Waals surface area contributed by atoms with Crippen LogP contribution in [-0.4, -0.2) is 22.1 Å². The third-order valence-electron chi connectivity index (χ3n) is 2.63. The molecule has 1 aromatic heterocycles. The number of carboxylic acid groups (broad SMARTS) is 1. The van der Waals surface area contributed by atoms with Gasteiger partial charge in [-0.05, 0) is 59.8 Å². The molecule has 2 rings (SSSR count). The van der Waals surface area contributed by atoms with Crippen LogP contribution in [0.25, 0.3) is 0 Å². The molecule has 0 fully saturated rings. The van der Waals surface area contributed by atoms with Crippen LogP contribution in [0, 0.1) is 10.5 Å². The van der Waals surface area contributed by atoms with Gasteiger partial charge >= 0.3 is 12.0 Å². The van der Waals surface area contributed by atoms with Crippen LogP contribution in [0.15, 0.2) is 36.5 Å². The highest BCUT2D eigenvalue weighted by Gasteiger charge is 2.13. The zero-order chi connectivity index (χ0) is 15.4. The van der Waals surface area contributed by atoms with Crippen molar-refractivity contribution >= 4 is 46.0 Å². The number of nitrogens with zero attached hydrogens (tertiary/aromatic N) is 1. The SMILES string of the molecule is Cc1ccc(NC(=O)Nc2ccc(I)cc2C(=O)O)cn1. The molecular weight excluding hydrogens is 385 g/mol. The summed E-state index contributed by atoms with van der Waals surface area (Å²) in [4.78, 5) is 27.1. The van der Waals surface area contributed by atoms with Gasteiger partial charge in [0.05, 0.1) is 23.1 Å². The predicted octanol–water partition coefficient (Wildman–Crippen LogP) is 3.34. The first-order valence-corrected chi connectivity index (χ1v) is 7.07. The molecule has 0 unspecified atom stereocenters. The van der Waals surface area contributed by atoms with Gasteiger partial charge in [0.2, 0.25) is 0 Å². The lowest BCUT2D eigenvalue weighted by Gasteiger charge is -2.10. The minimum absolute atomic E-state index is 0.0408. The average molecular weight is 397 g/mol. The number of nitrogens with one attached hydrogen (secondary N) is 2. The normalized spacial score (nSPS) is 10.0. The van der Waals surface area contributed by atoms with Crippen LogP contribution < -0.4 is 10.6 Å². The summed E-state index contributed by atoms with van der Waals surface area (Å²) in [6.07, 6.45) is 1.53. The van der Waals surface area contributed by atoms with Crippen LogP contribution in [-0.2, 0) is 0 Å². The van der Waals surface area contributed by atoms with Crippen molar-refractivity contribution in [2.45, 2.75) is 6.92 Å². The van der Waals surface area contributed by atoms with Crippen molar-refractivity contribution in [3.8, 4) is 0 Å². The number of benzene rings is 1. The fourth-order valence-corrected chi connectivity index (χ4v) is 2.12. The highest BCUT2D eigenvalue weighted by molar-refractivity contribution is 14.1. The molecule has 0 aliphatic heterocycles. The van der Waals surface area contributed by atoms with E-state index in [1.807, 2.05) is 29.5 Å². The first kappa shape index (κ1) is 15.2. The zero-order valence-electron chi connectivity index (χ0n) is 11.1. The number of amides is 2. The molecule has 0 spiro atoms. The highest BCUT2D eigenvalue weighted by Crippen LogP contribution is 2.19. The summed E-state index contributed by atoms with van der Waals surface area (Å²) < 4.78 is 0.777. The molecular formula is C14H12IN3O3. The van der Waals surface area contributed by atoms with Gasteiger partial charge in [-0.15, -0.1) is 0 Å². The molecule has 0 aliphatic carbocycles. The molecule has 1 aromatic carbocycles. The van der Waals surface area contributed by atoms with Crippen LogP contribution >= 0.6 is 22.6 Å². The van der Waals surface area contributed by atoms with Crippen molar-refractivity contribution in [3.63, 3.8) is 0 Å². The summed E-state index contributed by atoms with van der Waals surface area (Å²) in [5.41, 5.74) is 1.65. The topological polar surface area (TPSA) is 91.3 Å². The number of hydrogen-bond donors (Lipinski definition) is 3. The van der Waals surface area contributed by atoms with E-state index in [4.69, 9.17) is 5.11 Å². The second-order valence-corrected chi connectivity index (χ2v) is 5.51. The van der Waals surface area contributed by atoms with E-state index in [2.05, 4.69) is 15.6 Å². The number of carbonyl (C=O) groups excluding carboxylic acids is 1. The molecule has 21 heavy (non-hydrogen) atoms. The van der Waals surface area contributed by atoms with Crippen molar-refractivity contribution < 1.29 is 14.7 Å². The molecule has 0 saturated heterocycles. The smallest absolute Gasteiger partial charge is 0.337 e. The second-order valence-electron chi connectivity index (χ2n) is 4.26. The Bertz CT molecular complexity index is 686. The number of aryl methyl sites for hydroxylation is 1. The Morgan fingerprint density at radius 1 is 1.19 bits per heavy atom. The third-order valence-corrected chi connectivity index (χ3v) is 3.30. The van der Waals surface area contributed by atoms with E-state index in [0.717, 1.165) is 9.26 Å². The van der Waals surface area contributed by atoms with Gasteiger partial charge in [0, 0.05) is 9.26 Å². The number of hydrogen-bond acceptors (Lipinski definition) is 3. The predicted molar refractivity (Wildman–Crippen MR) is 87.7 cm³/mol. The first-order chi connectivity index (χ1) is 9.95. The monoisotopic (exact) mass is 397 g/mol. The van der Waals surface area contributed by atoms with Crippen molar-refractivity contribution in [2.24, 2.45) is 0 Å². The lowest BCUT2D eigenvalue weighted by molar-refractivity contribution is 0.0698. The van der Waals surface area contributed by atoms with Gasteiger partial charge in [-0.3, -0.25) is 4.98 Å². The summed E-state index contributed by atoms with van der Waals surface area (Å²) in [6.45, 7) is 1.84. The highest BCUT2D eigenvalue weighted by atomic mass is 127. The second kappa shape index (κ2) is 6.53. The van der Waals surface area contributed by atoms with Crippen LogP contribution in [0.3, 0.4) is 0 Å². The maximum absolute atomic E-state index is 11.9. The summed E-state index contributed by atoms with van der Waals surface area (Å²) in [5, 5.41) is 14.2. The lowest BCUT2D eigenvalue weighted by atomic mass is 10.2.